The number of nitrogens with one attached hydrogen (secondary N) is 2. The maximum absolute atomic E-state index is 12.5. The van der Waals surface area contributed by atoms with E-state index in [0.29, 0.717) is 32.5 Å². The lowest BCUT2D eigenvalue weighted by Gasteiger charge is -2.30. The third kappa shape index (κ3) is 5.29. The SMILES string of the molecule is CCCS(=O)(=O)NC(C)C(=O)NC1(Cc2ccccc2)CCOC1. The first-order chi connectivity index (χ1) is 11.4. The molecule has 2 unspecified atom stereocenters. The first-order valence-electron chi connectivity index (χ1n) is 8.29. The molecule has 0 aliphatic carbocycles. The van der Waals surface area contributed by atoms with E-state index in [4.69, 9.17) is 4.74 Å². The van der Waals surface area contributed by atoms with E-state index >= 15 is 0 Å². The molecule has 1 saturated heterocycles. The lowest BCUT2D eigenvalue weighted by molar-refractivity contribution is -0.124. The molecule has 1 heterocycles. The van der Waals surface area contributed by atoms with E-state index in [1.807, 2.05) is 30.3 Å². The zero-order valence-corrected chi connectivity index (χ0v) is 15.1. The number of ether oxygens (including phenoxy) is 1. The van der Waals surface area contributed by atoms with Crippen LogP contribution in [0.1, 0.15) is 32.3 Å². The molecule has 1 aromatic rings. The molecule has 2 N–H and O–H groups in total. The van der Waals surface area contributed by atoms with Crippen LogP contribution in [0, 0.1) is 0 Å². The molecule has 0 bridgehead atoms. The maximum atomic E-state index is 12.5. The topological polar surface area (TPSA) is 84.5 Å². The first kappa shape index (κ1) is 18.9. The summed E-state index contributed by atoms with van der Waals surface area (Å²) in [4.78, 5) is 12.5. The largest absolute Gasteiger partial charge is 0.379 e. The second-order valence-corrected chi connectivity index (χ2v) is 8.27. The second kappa shape index (κ2) is 8.09. The summed E-state index contributed by atoms with van der Waals surface area (Å²) in [5.74, 6) is -0.306. The van der Waals surface area contributed by atoms with Crippen molar-refractivity contribution in [1.29, 1.82) is 0 Å². The minimum absolute atomic E-state index is 0.0168. The zero-order chi connectivity index (χ0) is 17.6. The van der Waals surface area contributed by atoms with Crippen LogP contribution < -0.4 is 10.0 Å². The van der Waals surface area contributed by atoms with E-state index in [1.54, 1.807) is 13.8 Å². The van der Waals surface area contributed by atoms with Crippen molar-refractivity contribution in [2.24, 2.45) is 0 Å². The Kier molecular flexibility index (Phi) is 6.37. The Morgan fingerprint density at radius 3 is 2.62 bits per heavy atom. The van der Waals surface area contributed by atoms with Crippen molar-refractivity contribution in [2.75, 3.05) is 19.0 Å². The van der Waals surface area contributed by atoms with Crippen molar-refractivity contribution < 1.29 is 17.9 Å². The molecule has 2 atom stereocenters. The third-order valence-corrected chi connectivity index (χ3v) is 5.76. The maximum Gasteiger partial charge on any atom is 0.238 e. The van der Waals surface area contributed by atoms with Gasteiger partial charge in [0.15, 0.2) is 0 Å². The van der Waals surface area contributed by atoms with Gasteiger partial charge in [-0.05, 0) is 31.7 Å². The zero-order valence-electron chi connectivity index (χ0n) is 14.2. The van der Waals surface area contributed by atoms with Gasteiger partial charge in [-0.25, -0.2) is 13.1 Å². The molecule has 0 saturated carbocycles. The molecule has 1 aromatic carbocycles. The van der Waals surface area contributed by atoms with E-state index in [9.17, 15) is 13.2 Å². The van der Waals surface area contributed by atoms with Gasteiger partial charge in [-0.3, -0.25) is 4.79 Å². The van der Waals surface area contributed by atoms with Crippen molar-refractivity contribution in [1.82, 2.24) is 10.0 Å². The van der Waals surface area contributed by atoms with Crippen LogP contribution in [0.15, 0.2) is 30.3 Å². The molecule has 6 nitrogen and oxygen atoms in total. The molecule has 1 aliphatic heterocycles. The van der Waals surface area contributed by atoms with Crippen molar-refractivity contribution in [3.8, 4) is 0 Å². The minimum atomic E-state index is -3.43. The first-order valence-corrected chi connectivity index (χ1v) is 9.95. The minimum Gasteiger partial charge on any atom is -0.379 e. The predicted molar refractivity (Wildman–Crippen MR) is 93.1 cm³/mol. The molecule has 134 valence electrons. The van der Waals surface area contributed by atoms with Crippen LogP contribution in [0.5, 0.6) is 0 Å². The van der Waals surface area contributed by atoms with Gasteiger partial charge in [-0.1, -0.05) is 37.3 Å². The van der Waals surface area contributed by atoms with Crippen LogP contribution in [-0.4, -0.2) is 44.9 Å². The Labute approximate surface area is 144 Å². The summed E-state index contributed by atoms with van der Waals surface area (Å²) in [6.45, 7) is 4.37. The third-order valence-electron chi connectivity index (χ3n) is 4.10. The number of carbonyl (C=O) groups is 1. The highest BCUT2D eigenvalue weighted by molar-refractivity contribution is 7.89. The Balaban J connectivity index is 2.03. The molecule has 0 radical (unpaired) electrons. The highest BCUT2D eigenvalue weighted by Gasteiger charge is 2.37. The highest BCUT2D eigenvalue weighted by atomic mass is 32.2. The monoisotopic (exact) mass is 354 g/mol. The number of benzene rings is 1. The number of hydrogen-bond donors (Lipinski definition) is 2. The van der Waals surface area contributed by atoms with Crippen LogP contribution in [0.4, 0.5) is 0 Å². The number of amides is 1. The normalized spacial score (nSPS) is 22.2. The molecule has 1 fully saturated rings. The Morgan fingerprint density at radius 1 is 1.33 bits per heavy atom. The van der Waals surface area contributed by atoms with Crippen molar-refractivity contribution in [2.45, 2.75) is 44.7 Å². The molecule has 0 spiro atoms. The van der Waals surface area contributed by atoms with Crippen LogP contribution in [0.25, 0.3) is 0 Å². The lowest BCUT2D eigenvalue weighted by Crippen LogP contribution is -2.56. The average molecular weight is 354 g/mol. The lowest BCUT2D eigenvalue weighted by atomic mass is 9.89. The summed E-state index contributed by atoms with van der Waals surface area (Å²) >= 11 is 0. The Bertz CT molecular complexity index is 640. The molecule has 1 aliphatic rings. The fourth-order valence-corrected chi connectivity index (χ4v) is 4.20. The van der Waals surface area contributed by atoms with Gasteiger partial charge in [0.2, 0.25) is 15.9 Å². The summed E-state index contributed by atoms with van der Waals surface area (Å²) in [7, 11) is -3.43. The summed E-state index contributed by atoms with van der Waals surface area (Å²) in [6, 6.07) is 9.09. The fourth-order valence-electron chi connectivity index (χ4n) is 2.90. The Hall–Kier alpha value is -1.44. The quantitative estimate of drug-likeness (QED) is 0.735. The van der Waals surface area contributed by atoms with Crippen LogP contribution in [-0.2, 0) is 26.0 Å². The highest BCUT2D eigenvalue weighted by Crippen LogP contribution is 2.24. The fraction of sp³-hybridized carbons (Fsp3) is 0.588. The molecular formula is C17H26N2O4S. The van der Waals surface area contributed by atoms with Crippen LogP contribution in [0.3, 0.4) is 0 Å². The Morgan fingerprint density at radius 2 is 2.04 bits per heavy atom. The summed E-state index contributed by atoms with van der Waals surface area (Å²) in [5.41, 5.74) is 0.630. The van der Waals surface area contributed by atoms with Crippen molar-refractivity contribution in [3.63, 3.8) is 0 Å². The average Bonchev–Trinajstić information content (AvgIpc) is 2.95. The van der Waals surface area contributed by atoms with Crippen LogP contribution >= 0.6 is 0 Å². The molecule has 24 heavy (non-hydrogen) atoms. The smallest absolute Gasteiger partial charge is 0.238 e. The summed E-state index contributed by atoms with van der Waals surface area (Å²) in [6.07, 6.45) is 1.88. The number of sulfonamides is 1. The van der Waals surface area contributed by atoms with Gasteiger partial charge in [0.25, 0.3) is 0 Å². The van der Waals surface area contributed by atoms with Gasteiger partial charge in [0.1, 0.15) is 0 Å². The van der Waals surface area contributed by atoms with Gasteiger partial charge in [-0.2, -0.15) is 0 Å². The molecule has 2 rings (SSSR count). The number of rotatable bonds is 8. The summed E-state index contributed by atoms with van der Waals surface area (Å²) < 4.78 is 31.6. The van der Waals surface area contributed by atoms with Gasteiger partial charge in [-0.15, -0.1) is 0 Å². The van der Waals surface area contributed by atoms with Gasteiger partial charge < -0.3 is 10.1 Å². The molecule has 0 aromatic heterocycles. The molecule has 1 amide bonds. The number of carbonyl (C=O) groups excluding carboxylic acids is 1. The van der Waals surface area contributed by atoms with E-state index < -0.39 is 21.6 Å². The van der Waals surface area contributed by atoms with Crippen molar-refractivity contribution >= 4 is 15.9 Å². The molecule has 7 heteroatoms. The van der Waals surface area contributed by atoms with Crippen molar-refractivity contribution in [3.05, 3.63) is 35.9 Å². The molecular weight excluding hydrogens is 328 g/mol. The van der Waals surface area contributed by atoms with E-state index in [2.05, 4.69) is 10.0 Å². The van der Waals surface area contributed by atoms with E-state index in [0.717, 1.165) is 5.56 Å². The van der Waals surface area contributed by atoms with Gasteiger partial charge >= 0.3 is 0 Å². The van der Waals surface area contributed by atoms with Gasteiger partial charge in [0, 0.05) is 6.61 Å². The standard InChI is InChI=1S/C17H26N2O4S/c1-3-11-24(21,22)19-14(2)16(20)18-17(9-10-23-13-17)12-15-7-5-4-6-8-15/h4-8,14,19H,3,9-13H2,1-2H3,(H,18,20). The van der Waals surface area contributed by atoms with Crippen LogP contribution in [0.2, 0.25) is 0 Å². The predicted octanol–water partition coefficient (Wildman–Crippen LogP) is 1.22. The van der Waals surface area contributed by atoms with E-state index in [1.165, 1.54) is 0 Å². The van der Waals surface area contributed by atoms with Gasteiger partial charge in [0.05, 0.1) is 23.9 Å². The van der Waals surface area contributed by atoms with E-state index in [-0.39, 0.29) is 11.7 Å². The number of hydrogen-bond acceptors (Lipinski definition) is 4. The second-order valence-electron chi connectivity index (χ2n) is 6.39. The summed E-state index contributed by atoms with van der Waals surface area (Å²) in [5, 5.41) is 3.01.